The van der Waals surface area contributed by atoms with Gasteiger partial charge in [0.1, 0.15) is 0 Å². The molecule has 1 atom stereocenters. The van der Waals surface area contributed by atoms with Crippen LogP contribution in [0.3, 0.4) is 0 Å². The first-order valence-corrected chi connectivity index (χ1v) is 7.62. The molecule has 19 heavy (non-hydrogen) atoms. The van der Waals surface area contributed by atoms with Crippen LogP contribution in [0.2, 0.25) is 5.02 Å². The third-order valence-electron chi connectivity index (χ3n) is 2.85. The molecule has 0 saturated carbocycles. The third kappa shape index (κ3) is 4.90. The number of thioether (sulfide) groups is 1. The van der Waals surface area contributed by atoms with E-state index in [4.69, 9.17) is 11.6 Å². The molecule has 100 valence electrons. The van der Waals surface area contributed by atoms with Crippen LogP contribution in [0.1, 0.15) is 11.1 Å². The number of hydrogen-bond acceptors (Lipinski definition) is 2. The topological polar surface area (TPSA) is 20.2 Å². The fraction of sp³-hybridized carbons (Fsp3) is 0.250. The first kappa shape index (κ1) is 14.4. The van der Waals surface area contributed by atoms with Crippen molar-refractivity contribution in [2.45, 2.75) is 24.3 Å². The molecule has 0 aromatic heterocycles. The van der Waals surface area contributed by atoms with Gasteiger partial charge in [0, 0.05) is 15.7 Å². The lowest BCUT2D eigenvalue weighted by Crippen LogP contribution is -2.13. The van der Waals surface area contributed by atoms with Crippen molar-refractivity contribution in [2.24, 2.45) is 0 Å². The van der Waals surface area contributed by atoms with Gasteiger partial charge >= 0.3 is 0 Å². The van der Waals surface area contributed by atoms with Gasteiger partial charge in [-0.05, 0) is 43.2 Å². The molecule has 0 aliphatic heterocycles. The molecule has 0 saturated heterocycles. The van der Waals surface area contributed by atoms with Crippen molar-refractivity contribution in [3.8, 4) is 0 Å². The molecular weight excluding hydrogens is 276 g/mol. The molecule has 2 aromatic carbocycles. The molecule has 0 fully saturated rings. The van der Waals surface area contributed by atoms with E-state index >= 15 is 0 Å². The fourth-order valence-corrected chi connectivity index (χ4v) is 2.74. The molecule has 0 spiro atoms. The van der Waals surface area contributed by atoms with E-state index in [-0.39, 0.29) is 6.10 Å². The monoisotopic (exact) mass is 292 g/mol. The van der Waals surface area contributed by atoms with Gasteiger partial charge in [-0.2, -0.15) is 0 Å². The van der Waals surface area contributed by atoms with E-state index in [0.29, 0.717) is 12.2 Å². The number of rotatable bonds is 5. The predicted molar refractivity (Wildman–Crippen MR) is 83.1 cm³/mol. The van der Waals surface area contributed by atoms with Gasteiger partial charge in [-0.15, -0.1) is 11.8 Å². The lowest BCUT2D eigenvalue weighted by molar-refractivity contribution is 0.200. The Morgan fingerprint density at radius 3 is 2.32 bits per heavy atom. The second-order valence-corrected chi connectivity index (χ2v) is 6.14. The molecule has 2 rings (SSSR count). The Kier molecular flexibility index (Phi) is 5.32. The van der Waals surface area contributed by atoms with Gasteiger partial charge in [0.25, 0.3) is 0 Å². The Balaban J connectivity index is 1.82. The highest BCUT2D eigenvalue weighted by molar-refractivity contribution is 7.99. The van der Waals surface area contributed by atoms with Crippen LogP contribution in [0, 0.1) is 6.92 Å². The minimum absolute atomic E-state index is 0.330. The molecule has 0 radical (unpaired) electrons. The van der Waals surface area contributed by atoms with Crippen LogP contribution in [-0.4, -0.2) is 17.0 Å². The average Bonchev–Trinajstić information content (AvgIpc) is 2.41. The Morgan fingerprint density at radius 2 is 1.68 bits per heavy atom. The molecule has 0 aliphatic carbocycles. The van der Waals surface area contributed by atoms with Crippen molar-refractivity contribution in [1.29, 1.82) is 0 Å². The predicted octanol–water partition coefficient (Wildman–Crippen LogP) is 4.34. The second kappa shape index (κ2) is 6.99. The van der Waals surface area contributed by atoms with Gasteiger partial charge in [0.05, 0.1) is 6.10 Å². The van der Waals surface area contributed by atoms with Crippen LogP contribution >= 0.6 is 23.4 Å². The van der Waals surface area contributed by atoms with Gasteiger partial charge in [-0.3, -0.25) is 0 Å². The van der Waals surface area contributed by atoms with E-state index in [1.54, 1.807) is 11.8 Å². The highest BCUT2D eigenvalue weighted by Crippen LogP contribution is 2.21. The standard InChI is InChI=1S/C16H17ClOS/c1-12-2-4-13(5-3-12)10-15(18)11-19-16-8-6-14(17)7-9-16/h2-9,15,18H,10-11H2,1H3. The molecule has 1 N–H and O–H groups in total. The second-order valence-electron chi connectivity index (χ2n) is 4.61. The molecule has 0 bridgehead atoms. The lowest BCUT2D eigenvalue weighted by atomic mass is 10.1. The van der Waals surface area contributed by atoms with Gasteiger partial charge < -0.3 is 5.11 Å². The Hall–Kier alpha value is -0.960. The van der Waals surface area contributed by atoms with Crippen LogP contribution in [0.4, 0.5) is 0 Å². The first-order chi connectivity index (χ1) is 9.13. The highest BCUT2D eigenvalue weighted by atomic mass is 35.5. The van der Waals surface area contributed by atoms with E-state index in [1.807, 2.05) is 24.3 Å². The summed E-state index contributed by atoms with van der Waals surface area (Å²) in [5, 5.41) is 10.8. The zero-order valence-electron chi connectivity index (χ0n) is 10.8. The summed E-state index contributed by atoms with van der Waals surface area (Å²) in [5.74, 6) is 0.690. The maximum Gasteiger partial charge on any atom is 0.0674 e. The van der Waals surface area contributed by atoms with Crippen LogP contribution in [0.5, 0.6) is 0 Å². The Labute approximate surface area is 123 Å². The number of benzene rings is 2. The molecule has 3 heteroatoms. The highest BCUT2D eigenvalue weighted by Gasteiger charge is 2.06. The summed E-state index contributed by atoms with van der Waals surface area (Å²) in [5.41, 5.74) is 2.42. The van der Waals surface area contributed by atoms with Crippen molar-refractivity contribution < 1.29 is 5.11 Å². The van der Waals surface area contributed by atoms with E-state index in [9.17, 15) is 5.11 Å². The number of halogens is 1. The van der Waals surface area contributed by atoms with E-state index < -0.39 is 0 Å². The van der Waals surface area contributed by atoms with Crippen molar-refractivity contribution >= 4 is 23.4 Å². The van der Waals surface area contributed by atoms with E-state index in [1.165, 1.54) is 11.1 Å². The van der Waals surface area contributed by atoms with Crippen molar-refractivity contribution in [1.82, 2.24) is 0 Å². The van der Waals surface area contributed by atoms with Crippen LogP contribution < -0.4 is 0 Å². The molecule has 1 nitrogen and oxygen atoms in total. The molecule has 1 unspecified atom stereocenters. The fourth-order valence-electron chi connectivity index (χ4n) is 1.78. The minimum Gasteiger partial charge on any atom is -0.392 e. The smallest absolute Gasteiger partial charge is 0.0674 e. The molecule has 0 amide bonds. The summed E-state index contributed by atoms with van der Waals surface area (Å²) in [6, 6.07) is 16.0. The summed E-state index contributed by atoms with van der Waals surface area (Å²) in [7, 11) is 0. The number of aryl methyl sites for hydroxylation is 1. The zero-order valence-corrected chi connectivity index (χ0v) is 12.4. The molecular formula is C16H17ClOS. The van der Waals surface area contributed by atoms with Gasteiger partial charge in [0.15, 0.2) is 0 Å². The van der Waals surface area contributed by atoms with Gasteiger partial charge in [-0.25, -0.2) is 0 Å². The number of hydrogen-bond donors (Lipinski definition) is 1. The normalized spacial score (nSPS) is 12.4. The van der Waals surface area contributed by atoms with Gasteiger partial charge in [0.2, 0.25) is 0 Å². The quantitative estimate of drug-likeness (QED) is 0.827. The summed E-state index contributed by atoms with van der Waals surface area (Å²) in [6.45, 7) is 2.07. The Bertz CT molecular complexity index is 507. The molecule has 0 heterocycles. The van der Waals surface area contributed by atoms with Crippen LogP contribution in [-0.2, 0) is 6.42 Å². The molecule has 0 aliphatic rings. The van der Waals surface area contributed by atoms with Crippen molar-refractivity contribution in [3.05, 3.63) is 64.7 Å². The molecule has 2 aromatic rings. The summed E-state index contributed by atoms with van der Waals surface area (Å²) in [4.78, 5) is 1.13. The van der Waals surface area contributed by atoms with Crippen LogP contribution in [0.15, 0.2) is 53.4 Å². The van der Waals surface area contributed by atoms with Crippen molar-refractivity contribution in [2.75, 3.05) is 5.75 Å². The summed E-state index contributed by atoms with van der Waals surface area (Å²) < 4.78 is 0. The van der Waals surface area contributed by atoms with Crippen molar-refractivity contribution in [3.63, 3.8) is 0 Å². The zero-order chi connectivity index (χ0) is 13.7. The lowest BCUT2D eigenvalue weighted by Gasteiger charge is -2.10. The largest absolute Gasteiger partial charge is 0.392 e. The first-order valence-electron chi connectivity index (χ1n) is 6.25. The Morgan fingerprint density at radius 1 is 1.05 bits per heavy atom. The summed E-state index contributed by atoms with van der Waals surface area (Å²) >= 11 is 7.49. The SMILES string of the molecule is Cc1ccc(CC(O)CSc2ccc(Cl)cc2)cc1. The number of aliphatic hydroxyl groups excluding tert-OH is 1. The maximum absolute atomic E-state index is 10.0. The van der Waals surface area contributed by atoms with Crippen LogP contribution in [0.25, 0.3) is 0 Å². The third-order valence-corrected chi connectivity index (χ3v) is 4.26. The van der Waals surface area contributed by atoms with E-state index in [2.05, 4.69) is 31.2 Å². The average molecular weight is 293 g/mol. The maximum atomic E-state index is 10.0. The minimum atomic E-state index is -0.330. The summed E-state index contributed by atoms with van der Waals surface area (Å²) in [6.07, 6.45) is 0.365. The van der Waals surface area contributed by atoms with E-state index in [0.717, 1.165) is 9.92 Å². The number of aliphatic hydroxyl groups is 1. The van der Waals surface area contributed by atoms with Gasteiger partial charge in [-0.1, -0.05) is 41.4 Å².